The number of alkyl halides is 3. The molecule has 0 saturated carbocycles. The molecule has 2 heterocycles. The first-order valence-electron chi connectivity index (χ1n) is 6.64. The summed E-state index contributed by atoms with van der Waals surface area (Å²) < 4.78 is 42.2. The zero-order valence-corrected chi connectivity index (χ0v) is 12.2. The van der Waals surface area contributed by atoms with E-state index in [4.69, 9.17) is 0 Å². The Hall–Kier alpha value is -3.17. The van der Waals surface area contributed by atoms with Crippen molar-refractivity contribution in [2.24, 2.45) is 7.05 Å². The van der Waals surface area contributed by atoms with Crippen LogP contribution in [0, 0.1) is 0 Å². The predicted octanol–water partition coefficient (Wildman–Crippen LogP) is 1.54. The van der Waals surface area contributed by atoms with E-state index in [-0.39, 0.29) is 11.3 Å². The van der Waals surface area contributed by atoms with Crippen molar-refractivity contribution < 1.29 is 18.0 Å². The van der Waals surface area contributed by atoms with Gasteiger partial charge in [0.05, 0.1) is 11.3 Å². The van der Waals surface area contributed by atoms with Crippen LogP contribution in [0.25, 0.3) is 5.69 Å². The van der Waals surface area contributed by atoms with E-state index < -0.39 is 28.6 Å². The third-order valence-corrected chi connectivity index (χ3v) is 3.42. The van der Waals surface area contributed by atoms with Crippen molar-refractivity contribution in [3.8, 4) is 5.69 Å². The van der Waals surface area contributed by atoms with E-state index in [9.17, 15) is 22.8 Å². The van der Waals surface area contributed by atoms with E-state index in [1.165, 1.54) is 25.8 Å². The monoisotopic (exact) mass is 337 g/mol. The Balaban J connectivity index is 2.16. The van der Waals surface area contributed by atoms with Gasteiger partial charge in [-0.2, -0.15) is 18.3 Å². The van der Waals surface area contributed by atoms with Gasteiger partial charge in [0.15, 0.2) is 0 Å². The summed E-state index contributed by atoms with van der Waals surface area (Å²) in [6.45, 7) is 0. The molecule has 0 bridgehead atoms. The van der Waals surface area contributed by atoms with Crippen LogP contribution < -0.4 is 5.56 Å². The maximum atomic E-state index is 13.4. The highest BCUT2D eigenvalue weighted by Gasteiger charge is 2.36. The fraction of sp³-hybridized carbons (Fsp3) is 0.143. The highest BCUT2D eigenvalue weighted by Crippen LogP contribution is 2.34. The number of hydrogen-bond acceptors (Lipinski definition) is 4. The smallest absolute Gasteiger partial charge is 0.302 e. The number of aromatic amines is 1. The standard InChI is InChI=1S/C14H10F3N5O2/c1-21-13(24)10(5-19-21)12(23)9-3-2-8(22-7-18-6-20-22)4-11(9)14(15,16)17/h2-7,19H,1H3. The van der Waals surface area contributed by atoms with E-state index in [0.717, 1.165) is 27.7 Å². The topological polar surface area (TPSA) is 85.6 Å². The first-order valence-corrected chi connectivity index (χ1v) is 6.64. The van der Waals surface area contributed by atoms with Crippen LogP contribution in [-0.4, -0.2) is 30.3 Å². The number of hydrogen-bond donors (Lipinski definition) is 1. The molecule has 0 radical (unpaired) electrons. The molecule has 0 fully saturated rings. The van der Waals surface area contributed by atoms with Crippen molar-refractivity contribution in [2.75, 3.05) is 0 Å². The molecule has 1 aromatic carbocycles. The van der Waals surface area contributed by atoms with Crippen molar-refractivity contribution >= 4 is 5.78 Å². The molecule has 0 spiro atoms. The van der Waals surface area contributed by atoms with Gasteiger partial charge in [-0.1, -0.05) is 0 Å². The molecule has 0 unspecified atom stereocenters. The first kappa shape index (κ1) is 15.7. The predicted molar refractivity (Wildman–Crippen MR) is 75.8 cm³/mol. The molecule has 0 aliphatic rings. The molecular weight excluding hydrogens is 327 g/mol. The van der Waals surface area contributed by atoms with Crippen LogP contribution in [0.2, 0.25) is 0 Å². The maximum absolute atomic E-state index is 13.4. The lowest BCUT2D eigenvalue weighted by molar-refractivity contribution is -0.137. The van der Waals surface area contributed by atoms with Gasteiger partial charge in [-0.15, -0.1) is 0 Å². The summed E-state index contributed by atoms with van der Waals surface area (Å²) in [6, 6.07) is 3.11. The van der Waals surface area contributed by atoms with Crippen molar-refractivity contribution in [3.63, 3.8) is 0 Å². The molecule has 24 heavy (non-hydrogen) atoms. The lowest BCUT2D eigenvalue weighted by Gasteiger charge is -2.13. The van der Waals surface area contributed by atoms with Crippen molar-refractivity contribution in [1.29, 1.82) is 0 Å². The van der Waals surface area contributed by atoms with E-state index >= 15 is 0 Å². The summed E-state index contributed by atoms with van der Waals surface area (Å²) in [7, 11) is 1.36. The maximum Gasteiger partial charge on any atom is 0.417 e. The second-order valence-electron chi connectivity index (χ2n) is 4.95. The van der Waals surface area contributed by atoms with E-state index in [2.05, 4.69) is 15.2 Å². The molecule has 7 nitrogen and oxygen atoms in total. The van der Waals surface area contributed by atoms with Crippen LogP contribution in [0.15, 0.2) is 41.8 Å². The van der Waals surface area contributed by atoms with Crippen LogP contribution in [0.4, 0.5) is 13.2 Å². The molecule has 0 saturated heterocycles. The van der Waals surface area contributed by atoms with Gasteiger partial charge in [-0.3, -0.25) is 14.3 Å². The van der Waals surface area contributed by atoms with Gasteiger partial charge < -0.3 is 5.10 Å². The van der Waals surface area contributed by atoms with Crippen LogP contribution >= 0.6 is 0 Å². The molecule has 10 heteroatoms. The average molecular weight is 337 g/mol. The summed E-state index contributed by atoms with van der Waals surface area (Å²) in [6.07, 6.45) is -1.28. The summed E-state index contributed by atoms with van der Waals surface area (Å²) >= 11 is 0. The van der Waals surface area contributed by atoms with Crippen LogP contribution in [0.3, 0.4) is 0 Å². The molecule has 0 aliphatic heterocycles. The fourth-order valence-electron chi connectivity index (χ4n) is 2.22. The van der Waals surface area contributed by atoms with Gasteiger partial charge in [0, 0.05) is 18.8 Å². The Morgan fingerprint density at radius 3 is 2.54 bits per heavy atom. The molecule has 3 aromatic rings. The SMILES string of the molecule is Cn1[nH]cc(C(=O)c2ccc(-n3cncn3)cc2C(F)(F)F)c1=O. The molecule has 0 aliphatic carbocycles. The molecular formula is C14H10F3N5O2. The van der Waals surface area contributed by atoms with Crippen LogP contribution in [0.5, 0.6) is 0 Å². The van der Waals surface area contributed by atoms with Gasteiger partial charge in [-0.25, -0.2) is 9.67 Å². The molecule has 0 amide bonds. The highest BCUT2D eigenvalue weighted by atomic mass is 19.4. The number of aromatic nitrogens is 5. The number of nitrogens with one attached hydrogen (secondary N) is 1. The summed E-state index contributed by atoms with van der Waals surface area (Å²) in [5.74, 6) is -1.01. The second-order valence-corrected chi connectivity index (χ2v) is 4.95. The van der Waals surface area contributed by atoms with Crippen molar-refractivity contribution in [2.45, 2.75) is 6.18 Å². The third kappa shape index (κ3) is 2.62. The number of nitrogens with zero attached hydrogens (tertiary/aromatic N) is 4. The Labute approximate surface area is 132 Å². The van der Waals surface area contributed by atoms with Crippen molar-refractivity contribution in [3.05, 3.63) is 64.1 Å². The minimum atomic E-state index is -4.77. The second kappa shape index (κ2) is 5.48. The largest absolute Gasteiger partial charge is 0.417 e. The zero-order valence-electron chi connectivity index (χ0n) is 12.2. The number of aryl methyl sites for hydroxylation is 1. The Kier molecular flexibility index (Phi) is 3.59. The quantitative estimate of drug-likeness (QED) is 0.735. The number of ketones is 1. The Bertz CT molecular complexity index is 954. The minimum Gasteiger partial charge on any atom is -0.302 e. The zero-order chi connectivity index (χ0) is 17.5. The number of rotatable bonds is 3. The number of benzene rings is 1. The molecule has 2 aromatic heterocycles. The number of halogens is 3. The summed E-state index contributed by atoms with van der Waals surface area (Å²) in [5.41, 5.74) is -2.73. The number of carbonyl (C=O) groups is 1. The fourth-order valence-corrected chi connectivity index (χ4v) is 2.22. The van der Waals surface area contributed by atoms with Gasteiger partial charge in [0.1, 0.15) is 18.2 Å². The first-order chi connectivity index (χ1) is 11.3. The Morgan fingerprint density at radius 2 is 2.00 bits per heavy atom. The van der Waals surface area contributed by atoms with E-state index in [0.29, 0.717) is 0 Å². The molecule has 124 valence electrons. The van der Waals surface area contributed by atoms with Gasteiger partial charge in [-0.05, 0) is 18.2 Å². The van der Waals surface area contributed by atoms with Gasteiger partial charge >= 0.3 is 6.18 Å². The van der Waals surface area contributed by atoms with Crippen LogP contribution in [-0.2, 0) is 13.2 Å². The van der Waals surface area contributed by atoms with E-state index in [1.54, 1.807) is 0 Å². The van der Waals surface area contributed by atoms with Crippen LogP contribution in [0.1, 0.15) is 21.5 Å². The number of H-pyrrole nitrogens is 1. The number of carbonyl (C=O) groups excluding carboxylic acids is 1. The third-order valence-electron chi connectivity index (χ3n) is 3.42. The summed E-state index contributed by atoms with van der Waals surface area (Å²) in [5, 5.41) is 6.21. The minimum absolute atomic E-state index is 0.0957. The lowest BCUT2D eigenvalue weighted by Crippen LogP contribution is -2.21. The van der Waals surface area contributed by atoms with Crippen molar-refractivity contribution in [1.82, 2.24) is 24.5 Å². The van der Waals surface area contributed by atoms with Gasteiger partial charge in [0.2, 0.25) is 5.78 Å². The molecule has 1 N–H and O–H groups in total. The summed E-state index contributed by atoms with van der Waals surface area (Å²) in [4.78, 5) is 27.8. The lowest BCUT2D eigenvalue weighted by atomic mass is 9.99. The average Bonchev–Trinajstić information content (AvgIpc) is 3.17. The Morgan fingerprint density at radius 1 is 1.25 bits per heavy atom. The normalized spacial score (nSPS) is 11.7. The molecule has 0 atom stereocenters. The molecule has 3 rings (SSSR count). The van der Waals surface area contributed by atoms with Gasteiger partial charge in [0.25, 0.3) is 5.56 Å². The van der Waals surface area contributed by atoms with E-state index in [1.807, 2.05) is 0 Å². The highest BCUT2D eigenvalue weighted by molar-refractivity contribution is 6.09.